The molecular weight excluding hydrogens is 413 g/mol. The van der Waals surface area contributed by atoms with Crippen LogP contribution in [0.25, 0.3) is 0 Å². The van der Waals surface area contributed by atoms with Crippen LogP contribution in [0.2, 0.25) is 0 Å². The van der Waals surface area contributed by atoms with Crippen LogP contribution in [0.4, 0.5) is 10.1 Å². The van der Waals surface area contributed by atoms with Gasteiger partial charge in [-0.1, -0.05) is 6.92 Å². The van der Waals surface area contributed by atoms with E-state index in [0.717, 1.165) is 16.4 Å². The average molecular weight is 437 g/mol. The number of rotatable bonds is 6. The number of carbonyl (C=O) groups is 2. The minimum absolute atomic E-state index is 0.131. The number of morpholine rings is 1. The second-order valence-electron chi connectivity index (χ2n) is 7.00. The van der Waals surface area contributed by atoms with Gasteiger partial charge in [0.25, 0.3) is 5.91 Å². The van der Waals surface area contributed by atoms with Gasteiger partial charge in [0.2, 0.25) is 10.0 Å². The summed E-state index contributed by atoms with van der Waals surface area (Å²) in [7, 11) is -4.07. The Morgan fingerprint density at radius 2 is 1.93 bits per heavy atom. The van der Waals surface area contributed by atoms with Crippen molar-refractivity contribution in [2.75, 3.05) is 31.6 Å². The Hall–Kier alpha value is -2.56. The highest BCUT2D eigenvalue weighted by atomic mass is 32.2. The van der Waals surface area contributed by atoms with Crippen LogP contribution in [-0.4, -0.2) is 55.7 Å². The number of H-pyrrole nitrogens is 1. The molecule has 1 aromatic carbocycles. The van der Waals surface area contributed by atoms with Crippen molar-refractivity contribution in [2.24, 2.45) is 0 Å². The Morgan fingerprint density at radius 3 is 2.53 bits per heavy atom. The van der Waals surface area contributed by atoms with E-state index in [9.17, 15) is 22.4 Å². The normalized spacial score (nSPS) is 15.2. The zero-order valence-corrected chi connectivity index (χ0v) is 17.9. The van der Waals surface area contributed by atoms with Crippen molar-refractivity contribution in [1.29, 1.82) is 0 Å². The molecule has 0 radical (unpaired) electrons. The number of hydrogen-bond donors (Lipinski definition) is 2. The molecule has 1 amide bonds. The van der Waals surface area contributed by atoms with Gasteiger partial charge in [-0.3, -0.25) is 9.59 Å². The van der Waals surface area contributed by atoms with Gasteiger partial charge in [-0.2, -0.15) is 4.31 Å². The van der Waals surface area contributed by atoms with Crippen molar-refractivity contribution in [3.05, 3.63) is 46.5 Å². The standard InChI is InChI=1S/C20H24FN3O5S/c1-4-15-18(13(3)25)12(2)22-19(15)20(26)23-14-5-6-16(21)17(11-14)30(27,28)24-7-9-29-10-8-24/h5-6,11,22H,4,7-10H2,1-3H3,(H,23,26). The highest BCUT2D eigenvalue weighted by Crippen LogP contribution is 2.25. The first-order valence-corrected chi connectivity index (χ1v) is 11.0. The number of sulfonamides is 1. The molecule has 0 aliphatic carbocycles. The fraction of sp³-hybridized carbons (Fsp3) is 0.400. The topological polar surface area (TPSA) is 109 Å². The third kappa shape index (κ3) is 4.16. The number of benzene rings is 1. The zero-order valence-electron chi connectivity index (χ0n) is 17.0. The van der Waals surface area contributed by atoms with Gasteiger partial charge in [0, 0.05) is 30.0 Å². The van der Waals surface area contributed by atoms with Crippen LogP contribution in [0.1, 0.15) is 46.0 Å². The monoisotopic (exact) mass is 437 g/mol. The van der Waals surface area contributed by atoms with Crippen LogP contribution in [0.3, 0.4) is 0 Å². The summed E-state index contributed by atoms with van der Waals surface area (Å²) < 4.78 is 46.3. The molecule has 1 saturated heterocycles. The number of amides is 1. The molecule has 0 spiro atoms. The van der Waals surface area contributed by atoms with Crippen molar-refractivity contribution < 1.29 is 27.1 Å². The quantitative estimate of drug-likeness (QED) is 0.675. The second-order valence-corrected chi connectivity index (χ2v) is 8.91. The number of anilines is 1. The molecule has 30 heavy (non-hydrogen) atoms. The fourth-order valence-electron chi connectivity index (χ4n) is 3.60. The van der Waals surface area contributed by atoms with E-state index in [1.54, 1.807) is 6.92 Å². The maximum Gasteiger partial charge on any atom is 0.272 e. The third-order valence-electron chi connectivity index (χ3n) is 5.00. The van der Waals surface area contributed by atoms with Gasteiger partial charge in [0.1, 0.15) is 16.4 Å². The molecule has 0 unspecified atom stereocenters. The highest BCUT2D eigenvalue weighted by Gasteiger charge is 2.29. The lowest BCUT2D eigenvalue weighted by Gasteiger charge is -2.26. The number of Topliss-reactive ketones (excluding diaryl/α,β-unsaturated/α-hetero) is 1. The number of aromatic amines is 1. The van der Waals surface area contributed by atoms with Gasteiger partial charge in [-0.15, -0.1) is 0 Å². The first kappa shape index (κ1) is 22.1. The van der Waals surface area contributed by atoms with Gasteiger partial charge < -0.3 is 15.0 Å². The number of halogens is 1. The first-order chi connectivity index (χ1) is 14.2. The summed E-state index contributed by atoms with van der Waals surface area (Å²) >= 11 is 0. The van der Waals surface area contributed by atoms with Crippen LogP contribution in [-0.2, 0) is 21.2 Å². The van der Waals surface area contributed by atoms with E-state index in [0.29, 0.717) is 23.2 Å². The summed E-state index contributed by atoms with van der Waals surface area (Å²) in [6, 6.07) is 3.40. The number of nitrogens with one attached hydrogen (secondary N) is 2. The Balaban J connectivity index is 1.92. The second kappa shape index (κ2) is 8.66. The smallest absolute Gasteiger partial charge is 0.272 e. The van der Waals surface area contributed by atoms with E-state index < -0.39 is 26.6 Å². The number of aryl methyl sites for hydroxylation is 1. The summed E-state index contributed by atoms with van der Waals surface area (Å²) in [5.41, 5.74) is 1.99. The average Bonchev–Trinajstić information content (AvgIpc) is 3.06. The van der Waals surface area contributed by atoms with Crippen molar-refractivity contribution in [2.45, 2.75) is 32.1 Å². The van der Waals surface area contributed by atoms with Crippen molar-refractivity contribution in [3.8, 4) is 0 Å². The molecule has 2 heterocycles. The molecule has 1 aromatic heterocycles. The van der Waals surface area contributed by atoms with Crippen LogP contribution in [0.15, 0.2) is 23.1 Å². The number of carbonyl (C=O) groups excluding carboxylic acids is 2. The van der Waals surface area contributed by atoms with Gasteiger partial charge in [0.15, 0.2) is 5.78 Å². The molecule has 0 bridgehead atoms. The largest absolute Gasteiger partial charge is 0.379 e. The van der Waals surface area contributed by atoms with Crippen molar-refractivity contribution in [1.82, 2.24) is 9.29 Å². The maximum atomic E-state index is 14.4. The Kier molecular flexibility index (Phi) is 6.39. The number of hydrogen-bond acceptors (Lipinski definition) is 5. The minimum Gasteiger partial charge on any atom is -0.379 e. The number of ether oxygens (including phenoxy) is 1. The molecule has 3 rings (SSSR count). The first-order valence-electron chi connectivity index (χ1n) is 9.58. The van der Waals surface area contributed by atoms with Crippen LogP contribution < -0.4 is 5.32 Å². The predicted octanol–water partition coefficient (Wildman–Crippen LogP) is 2.50. The molecule has 162 valence electrons. The van der Waals surface area contributed by atoms with Crippen molar-refractivity contribution in [3.63, 3.8) is 0 Å². The fourth-order valence-corrected chi connectivity index (χ4v) is 5.10. The molecule has 1 aliphatic heterocycles. The molecule has 0 atom stereocenters. The predicted molar refractivity (Wildman–Crippen MR) is 109 cm³/mol. The Bertz CT molecular complexity index is 1090. The maximum absolute atomic E-state index is 14.4. The highest BCUT2D eigenvalue weighted by molar-refractivity contribution is 7.89. The molecule has 1 fully saturated rings. The molecular formula is C20H24FN3O5S. The lowest BCUT2D eigenvalue weighted by Crippen LogP contribution is -2.40. The van der Waals surface area contributed by atoms with Crippen LogP contribution >= 0.6 is 0 Å². The molecule has 0 saturated carbocycles. The molecule has 1 aliphatic rings. The van der Waals surface area contributed by atoms with E-state index in [2.05, 4.69) is 10.3 Å². The zero-order chi connectivity index (χ0) is 22.1. The van der Waals surface area contributed by atoms with E-state index in [1.165, 1.54) is 13.0 Å². The summed E-state index contributed by atoms with van der Waals surface area (Å²) in [4.78, 5) is 27.1. The number of aromatic nitrogens is 1. The summed E-state index contributed by atoms with van der Waals surface area (Å²) in [6.45, 7) is 5.71. The third-order valence-corrected chi connectivity index (χ3v) is 6.91. The lowest BCUT2D eigenvalue weighted by atomic mass is 10.0. The van der Waals surface area contributed by atoms with E-state index in [-0.39, 0.29) is 43.5 Å². The van der Waals surface area contributed by atoms with E-state index in [1.807, 2.05) is 6.92 Å². The van der Waals surface area contributed by atoms with Gasteiger partial charge in [-0.05, 0) is 44.0 Å². The summed E-state index contributed by atoms with van der Waals surface area (Å²) in [6.07, 6.45) is 0.460. The van der Waals surface area contributed by atoms with Gasteiger partial charge >= 0.3 is 0 Å². The van der Waals surface area contributed by atoms with E-state index in [4.69, 9.17) is 4.74 Å². The van der Waals surface area contributed by atoms with Gasteiger partial charge in [0.05, 0.1) is 13.2 Å². The molecule has 10 heteroatoms. The van der Waals surface area contributed by atoms with Crippen molar-refractivity contribution >= 4 is 27.4 Å². The molecule has 2 aromatic rings. The molecule has 2 N–H and O–H groups in total. The molecule has 8 nitrogen and oxygen atoms in total. The summed E-state index contributed by atoms with van der Waals surface area (Å²) in [5.74, 6) is -1.59. The van der Waals surface area contributed by atoms with E-state index >= 15 is 0 Å². The SMILES string of the molecule is CCc1c(C(=O)Nc2ccc(F)c(S(=O)(=O)N3CCOCC3)c2)[nH]c(C)c1C(C)=O. The van der Waals surface area contributed by atoms with Crippen LogP contribution in [0, 0.1) is 12.7 Å². The minimum atomic E-state index is -4.07. The Morgan fingerprint density at radius 1 is 1.27 bits per heavy atom. The van der Waals surface area contributed by atoms with Crippen LogP contribution in [0.5, 0.6) is 0 Å². The summed E-state index contributed by atoms with van der Waals surface area (Å²) in [5, 5.41) is 2.60. The number of ketones is 1. The number of nitrogens with zero attached hydrogens (tertiary/aromatic N) is 1. The van der Waals surface area contributed by atoms with Gasteiger partial charge in [-0.25, -0.2) is 12.8 Å². The Labute approximate surface area is 174 Å². The lowest BCUT2D eigenvalue weighted by molar-refractivity contribution is 0.0729.